The van der Waals surface area contributed by atoms with Gasteiger partial charge >= 0.3 is 0 Å². The second-order valence-electron chi connectivity index (χ2n) is 3.75. The fourth-order valence-electron chi connectivity index (χ4n) is 1.39. The molecule has 0 fully saturated rings. The molecular weight excluding hydrogens is 284 g/mol. The third-order valence-electron chi connectivity index (χ3n) is 2.29. The molecule has 1 atom stereocenters. The third-order valence-corrected chi connectivity index (χ3v) is 4.02. The summed E-state index contributed by atoms with van der Waals surface area (Å²) in [7, 11) is 0. The van der Waals surface area contributed by atoms with E-state index in [1.807, 2.05) is 13.1 Å². The Bertz CT molecular complexity index is 462. The minimum atomic E-state index is 0.0798. The molecule has 0 aliphatic heterocycles. The molecule has 0 saturated carbocycles. The number of aromatic nitrogens is 1. The van der Waals surface area contributed by atoms with Crippen LogP contribution in [0.1, 0.15) is 28.4 Å². The molecule has 4 heteroatoms. The average Bonchev–Trinajstić information content (AvgIpc) is 2.70. The van der Waals surface area contributed by atoms with Crippen LogP contribution in [0.3, 0.4) is 0 Å². The second-order valence-corrected chi connectivity index (χ2v) is 5.81. The summed E-state index contributed by atoms with van der Waals surface area (Å²) in [4.78, 5) is 5.53. The lowest BCUT2D eigenvalue weighted by Gasteiger charge is -1.99. The van der Waals surface area contributed by atoms with Gasteiger partial charge in [-0.2, -0.15) is 0 Å². The molecule has 2 rings (SSSR count). The van der Waals surface area contributed by atoms with Crippen LogP contribution in [0.2, 0.25) is 0 Å². The zero-order valence-corrected chi connectivity index (χ0v) is 11.4. The van der Waals surface area contributed by atoms with E-state index < -0.39 is 0 Å². The molecule has 1 aromatic heterocycles. The molecule has 1 aromatic carbocycles. The molecule has 0 spiro atoms. The topological polar surface area (TPSA) is 38.9 Å². The lowest BCUT2D eigenvalue weighted by molar-refractivity contribution is 0.835. The monoisotopic (exact) mass is 296 g/mol. The van der Waals surface area contributed by atoms with Gasteiger partial charge in [0.1, 0.15) is 0 Å². The fraction of sp³-hybridized carbons (Fsp3) is 0.250. The number of hydrogen-bond acceptors (Lipinski definition) is 3. The largest absolute Gasteiger partial charge is 0.323 e. The Hall–Kier alpha value is -0.710. The van der Waals surface area contributed by atoms with Gasteiger partial charge in [0.05, 0.1) is 5.01 Å². The summed E-state index contributed by atoms with van der Waals surface area (Å²) in [5.74, 6) is 0. The Morgan fingerprint density at radius 1 is 1.38 bits per heavy atom. The average molecular weight is 297 g/mol. The van der Waals surface area contributed by atoms with Gasteiger partial charge < -0.3 is 5.73 Å². The number of nitrogens with two attached hydrogens (primary N) is 1. The van der Waals surface area contributed by atoms with Crippen LogP contribution < -0.4 is 5.73 Å². The van der Waals surface area contributed by atoms with Crippen LogP contribution in [0.4, 0.5) is 0 Å². The summed E-state index contributed by atoms with van der Waals surface area (Å²) < 4.78 is 1.10. The van der Waals surface area contributed by atoms with Crippen molar-refractivity contribution in [2.45, 2.75) is 19.4 Å². The number of thiazole rings is 1. The summed E-state index contributed by atoms with van der Waals surface area (Å²) >= 11 is 5.12. The highest BCUT2D eigenvalue weighted by molar-refractivity contribution is 9.10. The van der Waals surface area contributed by atoms with E-state index in [1.165, 1.54) is 5.56 Å². The first-order chi connectivity index (χ1) is 7.65. The van der Waals surface area contributed by atoms with Crippen LogP contribution in [-0.4, -0.2) is 4.98 Å². The maximum Gasteiger partial charge on any atom is 0.0972 e. The van der Waals surface area contributed by atoms with Crippen molar-refractivity contribution in [2.75, 3.05) is 0 Å². The molecule has 2 aromatic rings. The standard InChI is InChI=1S/C12H13BrN2S/c1-8(14)11-7-15-12(16-11)6-9-2-4-10(13)5-3-9/h2-5,7-8H,6,14H2,1H3. The Balaban J connectivity index is 2.11. The van der Waals surface area contributed by atoms with Crippen molar-refractivity contribution in [3.63, 3.8) is 0 Å². The number of halogens is 1. The highest BCUT2D eigenvalue weighted by Crippen LogP contribution is 2.21. The molecule has 0 amide bonds. The van der Waals surface area contributed by atoms with E-state index in [1.54, 1.807) is 11.3 Å². The molecule has 0 bridgehead atoms. The molecule has 1 unspecified atom stereocenters. The smallest absolute Gasteiger partial charge is 0.0972 e. The van der Waals surface area contributed by atoms with Gasteiger partial charge in [0.25, 0.3) is 0 Å². The van der Waals surface area contributed by atoms with Crippen molar-refractivity contribution in [1.82, 2.24) is 4.98 Å². The Morgan fingerprint density at radius 2 is 2.06 bits per heavy atom. The molecular formula is C12H13BrN2S. The van der Waals surface area contributed by atoms with Crippen LogP contribution >= 0.6 is 27.3 Å². The molecule has 84 valence electrons. The van der Waals surface area contributed by atoms with Crippen molar-refractivity contribution in [1.29, 1.82) is 0 Å². The van der Waals surface area contributed by atoms with Gasteiger partial charge in [-0.25, -0.2) is 4.98 Å². The van der Waals surface area contributed by atoms with E-state index in [9.17, 15) is 0 Å². The molecule has 2 N–H and O–H groups in total. The molecule has 0 aliphatic rings. The first kappa shape index (κ1) is 11.8. The van der Waals surface area contributed by atoms with E-state index in [0.29, 0.717) is 0 Å². The number of hydrogen-bond donors (Lipinski definition) is 1. The maximum absolute atomic E-state index is 5.80. The highest BCUT2D eigenvalue weighted by Gasteiger charge is 2.06. The van der Waals surface area contributed by atoms with E-state index >= 15 is 0 Å². The highest BCUT2D eigenvalue weighted by atomic mass is 79.9. The molecule has 0 aliphatic carbocycles. The van der Waals surface area contributed by atoms with E-state index in [-0.39, 0.29) is 6.04 Å². The first-order valence-electron chi connectivity index (χ1n) is 5.10. The number of nitrogens with zero attached hydrogens (tertiary/aromatic N) is 1. The second kappa shape index (κ2) is 5.08. The van der Waals surface area contributed by atoms with Gasteiger partial charge in [-0.05, 0) is 24.6 Å². The minimum absolute atomic E-state index is 0.0798. The lowest BCUT2D eigenvalue weighted by atomic mass is 10.2. The summed E-state index contributed by atoms with van der Waals surface area (Å²) in [6.45, 7) is 1.98. The van der Waals surface area contributed by atoms with E-state index in [2.05, 4.69) is 45.2 Å². The minimum Gasteiger partial charge on any atom is -0.323 e. The van der Waals surface area contributed by atoms with Crippen molar-refractivity contribution in [3.8, 4) is 0 Å². The van der Waals surface area contributed by atoms with Gasteiger partial charge in [0.2, 0.25) is 0 Å². The molecule has 2 nitrogen and oxygen atoms in total. The predicted octanol–water partition coefficient (Wildman–Crippen LogP) is 3.52. The molecule has 0 saturated heterocycles. The summed E-state index contributed by atoms with van der Waals surface area (Å²) in [5.41, 5.74) is 7.08. The predicted molar refractivity (Wildman–Crippen MR) is 71.7 cm³/mol. The number of benzene rings is 1. The zero-order chi connectivity index (χ0) is 11.5. The molecule has 16 heavy (non-hydrogen) atoms. The van der Waals surface area contributed by atoms with Gasteiger partial charge in [-0.15, -0.1) is 11.3 Å². The molecule has 0 radical (unpaired) electrons. The Morgan fingerprint density at radius 3 is 2.62 bits per heavy atom. The number of rotatable bonds is 3. The van der Waals surface area contributed by atoms with Gasteiger partial charge in [0.15, 0.2) is 0 Å². The van der Waals surface area contributed by atoms with Crippen molar-refractivity contribution in [3.05, 3.63) is 50.4 Å². The van der Waals surface area contributed by atoms with Crippen LogP contribution in [0.25, 0.3) is 0 Å². The summed E-state index contributed by atoms with van der Waals surface area (Å²) in [5, 5.41) is 1.12. The van der Waals surface area contributed by atoms with Crippen LogP contribution in [0.15, 0.2) is 34.9 Å². The lowest BCUT2D eigenvalue weighted by Crippen LogP contribution is -2.01. The summed E-state index contributed by atoms with van der Waals surface area (Å²) in [6.07, 6.45) is 2.76. The quantitative estimate of drug-likeness (QED) is 0.941. The van der Waals surface area contributed by atoms with Crippen LogP contribution in [0.5, 0.6) is 0 Å². The third kappa shape index (κ3) is 2.90. The van der Waals surface area contributed by atoms with Gasteiger partial charge in [0, 0.05) is 28.0 Å². The van der Waals surface area contributed by atoms with Gasteiger partial charge in [-0.1, -0.05) is 28.1 Å². The fourth-order valence-corrected chi connectivity index (χ4v) is 2.57. The van der Waals surface area contributed by atoms with Crippen molar-refractivity contribution < 1.29 is 0 Å². The Kier molecular flexibility index (Phi) is 3.74. The van der Waals surface area contributed by atoms with Gasteiger partial charge in [-0.3, -0.25) is 0 Å². The van der Waals surface area contributed by atoms with Crippen molar-refractivity contribution >= 4 is 27.3 Å². The first-order valence-corrected chi connectivity index (χ1v) is 6.71. The SMILES string of the molecule is CC(N)c1cnc(Cc2ccc(Br)cc2)s1. The Labute approximate surface area is 108 Å². The van der Waals surface area contributed by atoms with Crippen molar-refractivity contribution in [2.24, 2.45) is 5.73 Å². The van der Waals surface area contributed by atoms with Crippen LogP contribution in [0, 0.1) is 0 Å². The zero-order valence-electron chi connectivity index (χ0n) is 8.98. The maximum atomic E-state index is 5.80. The summed E-state index contributed by atoms with van der Waals surface area (Å²) in [6, 6.07) is 8.40. The molecule has 1 heterocycles. The normalized spacial score (nSPS) is 12.7. The van der Waals surface area contributed by atoms with E-state index in [0.717, 1.165) is 20.8 Å². The van der Waals surface area contributed by atoms with E-state index in [4.69, 9.17) is 5.73 Å². The van der Waals surface area contributed by atoms with Crippen LogP contribution in [-0.2, 0) is 6.42 Å².